The molecule has 1 amide bonds. The van der Waals surface area contributed by atoms with Crippen molar-refractivity contribution in [3.63, 3.8) is 0 Å². The van der Waals surface area contributed by atoms with E-state index in [1.54, 1.807) is 0 Å². The van der Waals surface area contributed by atoms with E-state index in [1.807, 2.05) is 0 Å². The third kappa shape index (κ3) is 2.47. The van der Waals surface area contributed by atoms with E-state index >= 15 is 0 Å². The van der Waals surface area contributed by atoms with Crippen LogP contribution in [0.4, 0.5) is 13.2 Å². The van der Waals surface area contributed by atoms with Crippen molar-refractivity contribution in [1.82, 2.24) is 4.90 Å². The lowest BCUT2D eigenvalue weighted by molar-refractivity contribution is -0.137. The molecule has 1 aliphatic rings. The fraction of sp³-hybridized carbons (Fsp3) is 0.250. The van der Waals surface area contributed by atoms with Gasteiger partial charge in [0.15, 0.2) is 5.76 Å². The Morgan fingerprint density at radius 3 is 2.28 bits per heavy atom. The second-order valence-corrected chi connectivity index (χ2v) is 3.97. The molecule has 0 spiro atoms. The van der Waals surface area contributed by atoms with E-state index in [0.717, 1.165) is 12.1 Å². The molecule has 1 aromatic carbocycles. The number of benzene rings is 1. The highest BCUT2D eigenvalue weighted by Gasteiger charge is 2.30. The molecule has 18 heavy (non-hydrogen) atoms. The van der Waals surface area contributed by atoms with Gasteiger partial charge in [-0.25, -0.2) is 0 Å². The molecule has 0 atom stereocenters. The van der Waals surface area contributed by atoms with Crippen LogP contribution in [0.25, 0.3) is 0 Å². The molecule has 1 heterocycles. The molecule has 1 N–H and O–H groups in total. The van der Waals surface area contributed by atoms with E-state index < -0.39 is 17.6 Å². The summed E-state index contributed by atoms with van der Waals surface area (Å²) < 4.78 is 37.0. The number of amides is 1. The van der Waals surface area contributed by atoms with E-state index in [-0.39, 0.29) is 18.8 Å². The number of aliphatic hydroxyl groups is 1. The summed E-state index contributed by atoms with van der Waals surface area (Å²) >= 11 is 0. The number of hydrogen-bond donors (Lipinski definition) is 1. The SMILES string of the molecule is O=C1C(O)=CCN1Cc1ccc(C(F)(F)F)cc1. The van der Waals surface area contributed by atoms with Gasteiger partial charge in [-0.15, -0.1) is 0 Å². The van der Waals surface area contributed by atoms with Crippen molar-refractivity contribution in [3.05, 3.63) is 47.2 Å². The molecule has 0 saturated carbocycles. The fourth-order valence-corrected chi connectivity index (χ4v) is 1.68. The Bertz CT molecular complexity index is 491. The van der Waals surface area contributed by atoms with E-state index in [0.29, 0.717) is 5.56 Å². The lowest BCUT2D eigenvalue weighted by Crippen LogP contribution is -2.26. The fourth-order valence-electron chi connectivity index (χ4n) is 1.68. The van der Waals surface area contributed by atoms with Crippen LogP contribution in [0.5, 0.6) is 0 Å². The smallest absolute Gasteiger partial charge is 0.416 e. The number of rotatable bonds is 2. The molecule has 2 rings (SSSR count). The summed E-state index contributed by atoms with van der Waals surface area (Å²) in [6.07, 6.45) is -2.99. The standard InChI is InChI=1S/C12H10F3NO2/c13-12(14,15)9-3-1-8(2-4-9)7-16-6-5-10(17)11(16)18/h1-5,17H,6-7H2. The Hall–Kier alpha value is -1.98. The van der Waals surface area contributed by atoms with Crippen LogP contribution in [0.1, 0.15) is 11.1 Å². The van der Waals surface area contributed by atoms with Crippen molar-refractivity contribution in [3.8, 4) is 0 Å². The maximum absolute atomic E-state index is 12.3. The molecule has 0 bridgehead atoms. The second kappa shape index (κ2) is 4.36. The minimum atomic E-state index is -4.36. The Labute approximate surface area is 101 Å². The molecular formula is C12H10F3NO2. The summed E-state index contributed by atoms with van der Waals surface area (Å²) in [6.45, 7) is 0.448. The highest BCUT2D eigenvalue weighted by Crippen LogP contribution is 2.29. The van der Waals surface area contributed by atoms with Crippen molar-refractivity contribution < 1.29 is 23.1 Å². The number of carbonyl (C=O) groups excluding carboxylic acids is 1. The van der Waals surface area contributed by atoms with E-state index in [4.69, 9.17) is 5.11 Å². The molecule has 0 aromatic heterocycles. The van der Waals surface area contributed by atoms with Gasteiger partial charge in [0.05, 0.1) is 5.56 Å². The molecule has 0 radical (unpaired) electrons. The van der Waals surface area contributed by atoms with E-state index in [2.05, 4.69) is 0 Å². The third-order valence-corrected chi connectivity index (χ3v) is 2.67. The number of nitrogens with zero attached hydrogens (tertiary/aromatic N) is 1. The van der Waals surface area contributed by atoms with Crippen LogP contribution >= 0.6 is 0 Å². The van der Waals surface area contributed by atoms with Crippen LogP contribution in [0.3, 0.4) is 0 Å². The Morgan fingerprint density at radius 2 is 1.83 bits per heavy atom. The number of alkyl halides is 3. The summed E-state index contributed by atoms with van der Waals surface area (Å²) in [7, 11) is 0. The molecule has 0 fully saturated rings. The van der Waals surface area contributed by atoms with Crippen LogP contribution in [0.2, 0.25) is 0 Å². The van der Waals surface area contributed by atoms with Crippen LogP contribution in [0, 0.1) is 0 Å². The predicted molar refractivity (Wildman–Crippen MR) is 57.6 cm³/mol. The molecule has 0 unspecified atom stereocenters. The van der Waals surface area contributed by atoms with Crippen molar-refractivity contribution >= 4 is 5.91 Å². The third-order valence-electron chi connectivity index (χ3n) is 2.67. The predicted octanol–water partition coefficient (Wildman–Crippen LogP) is 2.49. The Balaban J connectivity index is 2.06. The van der Waals surface area contributed by atoms with E-state index in [1.165, 1.54) is 23.1 Å². The zero-order valence-electron chi connectivity index (χ0n) is 9.24. The van der Waals surface area contributed by atoms with Crippen LogP contribution in [-0.4, -0.2) is 22.5 Å². The van der Waals surface area contributed by atoms with Gasteiger partial charge in [0.25, 0.3) is 5.91 Å². The van der Waals surface area contributed by atoms with Gasteiger partial charge >= 0.3 is 6.18 Å². The number of aliphatic hydroxyl groups excluding tert-OH is 1. The Kier molecular flexibility index (Phi) is 3.02. The molecule has 1 aromatic rings. The zero-order chi connectivity index (χ0) is 13.3. The first kappa shape index (κ1) is 12.5. The van der Waals surface area contributed by atoms with Gasteiger partial charge < -0.3 is 10.0 Å². The molecule has 6 heteroatoms. The molecule has 0 saturated heterocycles. The van der Waals surface area contributed by atoms with Gasteiger partial charge in [0.2, 0.25) is 0 Å². The molecule has 3 nitrogen and oxygen atoms in total. The maximum atomic E-state index is 12.3. The monoisotopic (exact) mass is 257 g/mol. The summed E-state index contributed by atoms with van der Waals surface area (Å²) in [5.74, 6) is -0.822. The number of halogens is 3. The van der Waals surface area contributed by atoms with Gasteiger partial charge in [0, 0.05) is 13.1 Å². The average Bonchev–Trinajstić information content (AvgIpc) is 2.61. The molecule has 1 aliphatic heterocycles. The van der Waals surface area contributed by atoms with E-state index in [9.17, 15) is 18.0 Å². The first-order chi connectivity index (χ1) is 8.38. The lowest BCUT2D eigenvalue weighted by atomic mass is 10.1. The summed E-state index contributed by atoms with van der Waals surface area (Å²) in [5.41, 5.74) is -0.139. The summed E-state index contributed by atoms with van der Waals surface area (Å²) in [5, 5.41) is 9.12. The summed E-state index contributed by atoms with van der Waals surface area (Å²) in [6, 6.07) is 4.60. The van der Waals surface area contributed by atoms with Gasteiger partial charge in [-0.05, 0) is 23.8 Å². The lowest BCUT2D eigenvalue weighted by Gasteiger charge is -2.16. The molecular weight excluding hydrogens is 247 g/mol. The Morgan fingerprint density at radius 1 is 1.22 bits per heavy atom. The molecule has 0 aliphatic carbocycles. The normalized spacial score (nSPS) is 16.1. The van der Waals surface area contributed by atoms with Crippen molar-refractivity contribution in [2.24, 2.45) is 0 Å². The highest BCUT2D eigenvalue weighted by atomic mass is 19.4. The zero-order valence-corrected chi connectivity index (χ0v) is 9.24. The highest BCUT2D eigenvalue weighted by molar-refractivity contribution is 5.93. The average molecular weight is 257 g/mol. The van der Waals surface area contributed by atoms with Gasteiger partial charge in [-0.3, -0.25) is 4.79 Å². The maximum Gasteiger partial charge on any atom is 0.416 e. The van der Waals surface area contributed by atoms with Gasteiger partial charge in [-0.1, -0.05) is 12.1 Å². The first-order valence-electron chi connectivity index (χ1n) is 5.22. The topological polar surface area (TPSA) is 40.5 Å². The number of carbonyl (C=O) groups is 1. The van der Waals surface area contributed by atoms with Crippen molar-refractivity contribution in [1.29, 1.82) is 0 Å². The largest absolute Gasteiger partial charge is 0.503 e. The quantitative estimate of drug-likeness (QED) is 0.884. The van der Waals surface area contributed by atoms with Gasteiger partial charge in [-0.2, -0.15) is 13.2 Å². The van der Waals surface area contributed by atoms with Crippen LogP contribution in [-0.2, 0) is 17.5 Å². The minimum Gasteiger partial charge on any atom is -0.503 e. The minimum absolute atomic E-state index is 0.178. The second-order valence-electron chi connectivity index (χ2n) is 3.97. The molecule has 96 valence electrons. The summed E-state index contributed by atoms with van der Waals surface area (Å²) in [4.78, 5) is 12.7. The van der Waals surface area contributed by atoms with Crippen molar-refractivity contribution in [2.75, 3.05) is 6.54 Å². The van der Waals surface area contributed by atoms with Gasteiger partial charge in [0.1, 0.15) is 0 Å². The van der Waals surface area contributed by atoms with Crippen LogP contribution in [0.15, 0.2) is 36.1 Å². The number of hydrogen-bond acceptors (Lipinski definition) is 2. The van der Waals surface area contributed by atoms with Crippen molar-refractivity contribution in [2.45, 2.75) is 12.7 Å². The first-order valence-corrected chi connectivity index (χ1v) is 5.22. The van der Waals surface area contributed by atoms with Crippen LogP contribution < -0.4 is 0 Å².